The number of hydrogen-bond donors (Lipinski definition) is 3. The molecule has 82 valence electrons. The lowest BCUT2D eigenvalue weighted by atomic mass is 10.0. The van der Waals surface area contributed by atoms with Crippen LogP contribution in [0.25, 0.3) is 0 Å². The second-order valence-corrected chi connectivity index (χ2v) is 3.56. The first kappa shape index (κ1) is 11.9. The molecular formula is C9H11ClN2O3. The topological polar surface area (TPSA) is 96.4 Å². The second-order valence-electron chi connectivity index (χ2n) is 3.12. The van der Waals surface area contributed by atoms with Gasteiger partial charge in [0.1, 0.15) is 6.10 Å². The van der Waals surface area contributed by atoms with Crippen molar-refractivity contribution < 1.29 is 15.0 Å². The van der Waals surface area contributed by atoms with Crippen LogP contribution in [0.1, 0.15) is 18.1 Å². The first-order chi connectivity index (χ1) is 7.00. The van der Waals surface area contributed by atoms with Crippen LogP contribution in [-0.2, 0) is 4.79 Å². The summed E-state index contributed by atoms with van der Waals surface area (Å²) in [7, 11) is 0. The fraction of sp³-hybridized carbons (Fsp3) is 0.333. The third-order valence-electron chi connectivity index (χ3n) is 1.84. The number of carbonyl (C=O) groups excluding carboxylic acids is 1. The Hall–Kier alpha value is -1.17. The summed E-state index contributed by atoms with van der Waals surface area (Å²) in [5.41, 5.74) is 5.23. The molecule has 0 bridgehead atoms. The molecule has 0 fully saturated rings. The van der Waals surface area contributed by atoms with E-state index in [9.17, 15) is 15.0 Å². The van der Waals surface area contributed by atoms with Gasteiger partial charge in [-0.1, -0.05) is 11.6 Å². The largest absolute Gasteiger partial charge is 0.390 e. The van der Waals surface area contributed by atoms with Crippen LogP contribution in [0.5, 0.6) is 0 Å². The summed E-state index contributed by atoms with van der Waals surface area (Å²) in [6.07, 6.45) is -0.0152. The van der Waals surface area contributed by atoms with Crippen molar-refractivity contribution in [2.45, 2.75) is 18.6 Å². The van der Waals surface area contributed by atoms with Crippen molar-refractivity contribution in [2.24, 2.45) is 5.73 Å². The zero-order valence-electron chi connectivity index (χ0n) is 7.80. The normalized spacial score (nSPS) is 14.6. The van der Waals surface area contributed by atoms with E-state index in [1.807, 2.05) is 0 Å². The molecule has 0 saturated heterocycles. The van der Waals surface area contributed by atoms with Gasteiger partial charge in [0.05, 0.1) is 17.5 Å². The van der Waals surface area contributed by atoms with E-state index >= 15 is 0 Å². The summed E-state index contributed by atoms with van der Waals surface area (Å²) >= 11 is 5.65. The van der Waals surface area contributed by atoms with Gasteiger partial charge in [-0.05, 0) is 6.07 Å². The molecule has 1 rings (SSSR count). The summed E-state index contributed by atoms with van der Waals surface area (Å²) in [6, 6.07) is 1.46. The number of rotatable bonds is 4. The van der Waals surface area contributed by atoms with Gasteiger partial charge in [-0.25, -0.2) is 0 Å². The molecule has 0 aliphatic carbocycles. The molecule has 5 nitrogen and oxygen atoms in total. The molecule has 1 amide bonds. The quantitative estimate of drug-likeness (QED) is 0.679. The summed E-state index contributed by atoms with van der Waals surface area (Å²) < 4.78 is 0. The first-order valence-electron chi connectivity index (χ1n) is 4.25. The summed E-state index contributed by atoms with van der Waals surface area (Å²) in [5.74, 6) is -0.684. The van der Waals surface area contributed by atoms with Crippen molar-refractivity contribution in [1.82, 2.24) is 4.98 Å². The molecule has 2 atom stereocenters. The number of carbonyl (C=O) groups is 1. The van der Waals surface area contributed by atoms with Crippen LogP contribution in [0.4, 0.5) is 0 Å². The molecule has 15 heavy (non-hydrogen) atoms. The molecule has 1 aromatic heterocycles. The molecule has 0 spiro atoms. The van der Waals surface area contributed by atoms with E-state index in [0.717, 1.165) is 0 Å². The molecule has 0 saturated carbocycles. The van der Waals surface area contributed by atoms with E-state index in [1.165, 1.54) is 18.5 Å². The van der Waals surface area contributed by atoms with E-state index in [1.54, 1.807) is 0 Å². The predicted octanol–water partition coefficient (Wildman–Crippen LogP) is 0.00470. The van der Waals surface area contributed by atoms with Crippen molar-refractivity contribution in [3.05, 3.63) is 29.0 Å². The Morgan fingerprint density at radius 2 is 2.20 bits per heavy atom. The highest BCUT2D eigenvalue weighted by molar-refractivity contribution is 6.30. The Morgan fingerprint density at radius 1 is 1.53 bits per heavy atom. The number of nitrogens with zero attached hydrogens (tertiary/aromatic N) is 1. The van der Waals surface area contributed by atoms with Crippen molar-refractivity contribution in [1.29, 1.82) is 0 Å². The number of hydrogen-bond acceptors (Lipinski definition) is 4. The standard InChI is InChI=1S/C9H11ClN2O3/c10-6-1-5(3-12-4-6)9(15)7(13)2-8(11)14/h1,3-4,7,9,13,15H,2H2,(H2,11,14). The summed E-state index contributed by atoms with van der Waals surface area (Å²) in [5, 5.41) is 19.4. The maximum atomic E-state index is 10.5. The highest BCUT2D eigenvalue weighted by Crippen LogP contribution is 2.20. The van der Waals surface area contributed by atoms with Gasteiger partial charge in [-0.3, -0.25) is 9.78 Å². The Bertz CT molecular complexity index is 359. The number of aliphatic hydroxyl groups excluding tert-OH is 2. The third-order valence-corrected chi connectivity index (χ3v) is 2.05. The van der Waals surface area contributed by atoms with Crippen LogP contribution in [0.3, 0.4) is 0 Å². The van der Waals surface area contributed by atoms with Gasteiger partial charge >= 0.3 is 0 Å². The van der Waals surface area contributed by atoms with Gasteiger partial charge in [0, 0.05) is 18.0 Å². The van der Waals surface area contributed by atoms with Crippen LogP contribution in [0.15, 0.2) is 18.5 Å². The molecule has 1 aromatic rings. The van der Waals surface area contributed by atoms with Gasteiger partial charge in [0.15, 0.2) is 0 Å². The van der Waals surface area contributed by atoms with Gasteiger partial charge < -0.3 is 15.9 Å². The van der Waals surface area contributed by atoms with E-state index in [2.05, 4.69) is 4.98 Å². The van der Waals surface area contributed by atoms with E-state index in [-0.39, 0.29) is 6.42 Å². The highest BCUT2D eigenvalue weighted by Gasteiger charge is 2.20. The number of amides is 1. The van der Waals surface area contributed by atoms with Crippen molar-refractivity contribution in [3.8, 4) is 0 Å². The van der Waals surface area contributed by atoms with Crippen LogP contribution in [-0.4, -0.2) is 27.2 Å². The molecule has 4 N–H and O–H groups in total. The fourth-order valence-electron chi connectivity index (χ4n) is 1.13. The van der Waals surface area contributed by atoms with Gasteiger partial charge in [-0.2, -0.15) is 0 Å². The molecule has 0 aliphatic rings. The monoisotopic (exact) mass is 230 g/mol. The summed E-state index contributed by atoms with van der Waals surface area (Å²) in [6.45, 7) is 0. The Labute approximate surface area is 91.5 Å². The Balaban J connectivity index is 2.75. The number of aromatic nitrogens is 1. The number of aliphatic hydroxyl groups is 2. The van der Waals surface area contributed by atoms with Gasteiger partial charge in [0.25, 0.3) is 0 Å². The smallest absolute Gasteiger partial charge is 0.220 e. The Kier molecular flexibility index (Phi) is 4.02. The first-order valence-corrected chi connectivity index (χ1v) is 4.63. The van der Waals surface area contributed by atoms with Crippen LogP contribution >= 0.6 is 11.6 Å². The highest BCUT2D eigenvalue weighted by atomic mass is 35.5. The van der Waals surface area contributed by atoms with Crippen molar-refractivity contribution >= 4 is 17.5 Å². The molecule has 0 aliphatic heterocycles. The maximum absolute atomic E-state index is 10.5. The van der Waals surface area contributed by atoms with Crippen LogP contribution in [0, 0.1) is 0 Å². The second kappa shape index (κ2) is 5.06. The molecular weight excluding hydrogens is 220 g/mol. The van der Waals surface area contributed by atoms with E-state index in [0.29, 0.717) is 10.6 Å². The SMILES string of the molecule is NC(=O)CC(O)C(O)c1cncc(Cl)c1. The van der Waals surface area contributed by atoms with E-state index < -0.39 is 18.1 Å². The Morgan fingerprint density at radius 3 is 2.73 bits per heavy atom. The zero-order valence-corrected chi connectivity index (χ0v) is 8.55. The average molecular weight is 231 g/mol. The lowest BCUT2D eigenvalue weighted by Crippen LogP contribution is -2.25. The van der Waals surface area contributed by atoms with Gasteiger partial charge in [-0.15, -0.1) is 0 Å². The van der Waals surface area contributed by atoms with Crippen LogP contribution < -0.4 is 5.73 Å². The number of nitrogens with two attached hydrogens (primary N) is 1. The molecule has 0 radical (unpaired) electrons. The van der Waals surface area contributed by atoms with Crippen LogP contribution in [0.2, 0.25) is 5.02 Å². The zero-order chi connectivity index (χ0) is 11.4. The summed E-state index contributed by atoms with van der Waals surface area (Å²) in [4.78, 5) is 14.3. The van der Waals surface area contributed by atoms with Gasteiger partial charge in [0.2, 0.25) is 5.91 Å². The minimum absolute atomic E-state index is 0.312. The fourth-order valence-corrected chi connectivity index (χ4v) is 1.31. The lowest BCUT2D eigenvalue weighted by molar-refractivity contribution is -0.121. The lowest BCUT2D eigenvalue weighted by Gasteiger charge is -2.16. The minimum Gasteiger partial charge on any atom is -0.390 e. The van der Waals surface area contributed by atoms with Crippen molar-refractivity contribution in [2.75, 3.05) is 0 Å². The predicted molar refractivity (Wildman–Crippen MR) is 54.0 cm³/mol. The number of pyridine rings is 1. The minimum atomic E-state index is -1.25. The average Bonchev–Trinajstić information content (AvgIpc) is 2.15. The van der Waals surface area contributed by atoms with E-state index in [4.69, 9.17) is 17.3 Å². The molecule has 2 unspecified atom stereocenters. The maximum Gasteiger partial charge on any atom is 0.220 e. The third kappa shape index (κ3) is 3.47. The molecule has 6 heteroatoms. The van der Waals surface area contributed by atoms with Crippen molar-refractivity contribution in [3.63, 3.8) is 0 Å². The number of primary amides is 1. The molecule has 0 aromatic carbocycles. The molecule has 1 heterocycles. The number of halogens is 1.